The van der Waals surface area contributed by atoms with E-state index in [1.165, 1.54) is 0 Å². The van der Waals surface area contributed by atoms with E-state index in [-0.39, 0.29) is 0 Å². The van der Waals surface area contributed by atoms with Crippen LogP contribution in [0.3, 0.4) is 0 Å². The second kappa shape index (κ2) is 3.13. The van der Waals surface area contributed by atoms with Crippen molar-refractivity contribution >= 4 is 39.3 Å². The first-order chi connectivity index (χ1) is 6.24. The van der Waals surface area contributed by atoms with Crippen LogP contribution in [0.2, 0.25) is 5.02 Å². The molecule has 2 rings (SSSR count). The zero-order valence-corrected chi connectivity index (χ0v) is 8.58. The highest BCUT2D eigenvalue weighted by atomic mass is 35.5. The molecular formula is C10H7ClOS. The molecule has 3 heteroatoms. The third-order valence-corrected chi connectivity index (χ3v) is 3.46. The Hall–Kier alpha value is -0.860. The number of hydrogen-bond donors (Lipinski definition) is 0. The van der Waals surface area contributed by atoms with E-state index in [2.05, 4.69) is 0 Å². The number of aryl methyl sites for hydroxylation is 1. The van der Waals surface area contributed by atoms with Crippen molar-refractivity contribution in [2.24, 2.45) is 0 Å². The van der Waals surface area contributed by atoms with Gasteiger partial charge in [0.25, 0.3) is 0 Å². The summed E-state index contributed by atoms with van der Waals surface area (Å²) in [6, 6.07) is 3.84. The van der Waals surface area contributed by atoms with E-state index in [4.69, 9.17) is 11.6 Å². The Morgan fingerprint density at radius 1 is 1.54 bits per heavy atom. The number of carbonyl (C=O) groups excluding carboxylic acids is 1. The number of benzene rings is 1. The third-order valence-electron chi connectivity index (χ3n) is 2.10. The van der Waals surface area contributed by atoms with E-state index in [0.717, 1.165) is 21.9 Å². The third kappa shape index (κ3) is 1.26. The van der Waals surface area contributed by atoms with Crippen molar-refractivity contribution in [3.05, 3.63) is 33.7 Å². The van der Waals surface area contributed by atoms with Crippen molar-refractivity contribution in [2.45, 2.75) is 6.92 Å². The Kier molecular flexibility index (Phi) is 2.10. The lowest BCUT2D eigenvalue weighted by atomic mass is 10.1. The van der Waals surface area contributed by atoms with Gasteiger partial charge >= 0.3 is 0 Å². The predicted octanol–water partition coefficient (Wildman–Crippen LogP) is 3.68. The van der Waals surface area contributed by atoms with Crippen molar-refractivity contribution in [1.29, 1.82) is 0 Å². The largest absolute Gasteiger partial charge is 0.298 e. The van der Waals surface area contributed by atoms with Crippen LogP contribution in [0.25, 0.3) is 10.1 Å². The molecule has 0 aliphatic heterocycles. The molecule has 0 atom stereocenters. The zero-order chi connectivity index (χ0) is 9.42. The fourth-order valence-electron chi connectivity index (χ4n) is 1.40. The maximum absolute atomic E-state index is 10.7. The van der Waals surface area contributed by atoms with E-state index in [1.54, 1.807) is 11.3 Å². The molecule has 0 aliphatic carbocycles. The van der Waals surface area contributed by atoms with Gasteiger partial charge in [0.15, 0.2) is 6.29 Å². The number of halogens is 1. The minimum Gasteiger partial charge on any atom is -0.298 e. The molecule has 66 valence electrons. The Labute approximate surface area is 84.9 Å². The fraction of sp³-hybridized carbons (Fsp3) is 0.100. The maximum Gasteiger partial charge on any atom is 0.151 e. The summed E-state index contributed by atoms with van der Waals surface area (Å²) in [7, 11) is 0. The molecule has 0 radical (unpaired) electrons. The molecule has 0 amide bonds. The molecule has 0 unspecified atom stereocenters. The number of fused-ring (bicyclic) bond motifs is 1. The molecule has 13 heavy (non-hydrogen) atoms. The van der Waals surface area contributed by atoms with Gasteiger partial charge in [0.05, 0.1) is 5.02 Å². The molecule has 0 aliphatic rings. The average Bonchev–Trinajstić information content (AvgIpc) is 2.53. The second-order valence-corrected chi connectivity index (χ2v) is 4.18. The van der Waals surface area contributed by atoms with Gasteiger partial charge in [-0.25, -0.2) is 0 Å². The Bertz CT molecular complexity index is 473. The monoisotopic (exact) mass is 210 g/mol. The standard InChI is InChI=1S/C10H7ClOS/c1-6-8(5-12)9(11)4-7-2-3-13-10(6)7/h2-5H,1H3. The van der Waals surface area contributed by atoms with Crippen molar-refractivity contribution in [3.63, 3.8) is 0 Å². The summed E-state index contributed by atoms with van der Waals surface area (Å²) in [5.74, 6) is 0. The molecule has 1 nitrogen and oxygen atoms in total. The van der Waals surface area contributed by atoms with Gasteiger partial charge in [0.1, 0.15) is 0 Å². The quantitative estimate of drug-likeness (QED) is 0.657. The summed E-state index contributed by atoms with van der Waals surface area (Å²) in [5.41, 5.74) is 1.59. The normalized spacial score (nSPS) is 10.6. The lowest BCUT2D eigenvalue weighted by Gasteiger charge is -2.02. The summed E-state index contributed by atoms with van der Waals surface area (Å²) in [5, 5.41) is 3.65. The van der Waals surface area contributed by atoms with E-state index >= 15 is 0 Å². The smallest absolute Gasteiger partial charge is 0.151 e. The van der Waals surface area contributed by atoms with Crippen LogP contribution in [0.15, 0.2) is 17.5 Å². The highest BCUT2D eigenvalue weighted by molar-refractivity contribution is 7.17. The molecule has 0 saturated heterocycles. The molecule has 0 spiro atoms. The molecular weight excluding hydrogens is 204 g/mol. The first kappa shape index (κ1) is 8.73. The summed E-state index contributed by atoms with van der Waals surface area (Å²) >= 11 is 7.57. The summed E-state index contributed by atoms with van der Waals surface area (Å²) in [6.07, 6.45) is 0.816. The molecule has 1 aromatic heterocycles. The Balaban J connectivity index is 2.92. The van der Waals surface area contributed by atoms with E-state index < -0.39 is 0 Å². The molecule has 0 N–H and O–H groups in total. The number of rotatable bonds is 1. The van der Waals surface area contributed by atoms with Gasteiger partial charge in [-0.15, -0.1) is 11.3 Å². The fourth-order valence-corrected chi connectivity index (χ4v) is 2.60. The number of aldehydes is 1. The molecule has 2 aromatic rings. The van der Waals surface area contributed by atoms with Gasteiger partial charge in [-0.05, 0) is 35.4 Å². The van der Waals surface area contributed by atoms with E-state index in [0.29, 0.717) is 10.6 Å². The lowest BCUT2D eigenvalue weighted by molar-refractivity contribution is 0.112. The first-order valence-corrected chi connectivity index (χ1v) is 5.11. The Morgan fingerprint density at radius 3 is 3.00 bits per heavy atom. The predicted molar refractivity (Wildman–Crippen MR) is 57.0 cm³/mol. The molecule has 1 heterocycles. The van der Waals surface area contributed by atoms with Crippen LogP contribution in [0.4, 0.5) is 0 Å². The Morgan fingerprint density at radius 2 is 2.31 bits per heavy atom. The topological polar surface area (TPSA) is 17.1 Å². The van der Waals surface area contributed by atoms with E-state index in [1.807, 2.05) is 24.4 Å². The molecule has 0 fully saturated rings. The van der Waals surface area contributed by atoms with Gasteiger partial charge in [-0.2, -0.15) is 0 Å². The van der Waals surface area contributed by atoms with Gasteiger partial charge in [-0.1, -0.05) is 11.6 Å². The van der Waals surface area contributed by atoms with Crippen molar-refractivity contribution in [2.75, 3.05) is 0 Å². The van der Waals surface area contributed by atoms with Crippen LogP contribution >= 0.6 is 22.9 Å². The SMILES string of the molecule is Cc1c(C=O)c(Cl)cc2ccsc12. The van der Waals surface area contributed by atoms with Gasteiger partial charge in [0.2, 0.25) is 0 Å². The van der Waals surface area contributed by atoms with Crippen LogP contribution < -0.4 is 0 Å². The first-order valence-electron chi connectivity index (χ1n) is 3.85. The van der Waals surface area contributed by atoms with Crippen LogP contribution in [0, 0.1) is 6.92 Å². The maximum atomic E-state index is 10.7. The highest BCUT2D eigenvalue weighted by Crippen LogP contribution is 2.31. The van der Waals surface area contributed by atoms with Crippen LogP contribution in [0.5, 0.6) is 0 Å². The molecule has 1 aromatic carbocycles. The van der Waals surface area contributed by atoms with Crippen molar-refractivity contribution in [1.82, 2.24) is 0 Å². The number of thiophene rings is 1. The summed E-state index contributed by atoms with van der Waals surface area (Å²) < 4.78 is 1.14. The minimum absolute atomic E-state index is 0.540. The van der Waals surface area contributed by atoms with Gasteiger partial charge < -0.3 is 0 Å². The van der Waals surface area contributed by atoms with Crippen LogP contribution in [-0.2, 0) is 0 Å². The van der Waals surface area contributed by atoms with Crippen molar-refractivity contribution in [3.8, 4) is 0 Å². The average molecular weight is 211 g/mol. The number of hydrogen-bond acceptors (Lipinski definition) is 2. The van der Waals surface area contributed by atoms with Crippen molar-refractivity contribution < 1.29 is 4.79 Å². The van der Waals surface area contributed by atoms with Crippen LogP contribution in [-0.4, -0.2) is 6.29 Å². The minimum atomic E-state index is 0.540. The van der Waals surface area contributed by atoms with Crippen LogP contribution in [0.1, 0.15) is 15.9 Å². The van der Waals surface area contributed by atoms with Gasteiger partial charge in [0, 0.05) is 10.3 Å². The molecule has 0 saturated carbocycles. The number of carbonyl (C=O) groups is 1. The second-order valence-electron chi connectivity index (χ2n) is 2.85. The zero-order valence-electron chi connectivity index (χ0n) is 7.00. The highest BCUT2D eigenvalue weighted by Gasteiger charge is 2.08. The summed E-state index contributed by atoms with van der Waals surface area (Å²) in [6.45, 7) is 1.93. The lowest BCUT2D eigenvalue weighted by Crippen LogP contribution is -1.87. The summed E-state index contributed by atoms with van der Waals surface area (Å²) in [4.78, 5) is 10.7. The molecule has 0 bridgehead atoms. The van der Waals surface area contributed by atoms with Gasteiger partial charge in [-0.3, -0.25) is 4.79 Å². The van der Waals surface area contributed by atoms with E-state index in [9.17, 15) is 4.79 Å².